The van der Waals surface area contributed by atoms with E-state index in [0.29, 0.717) is 5.41 Å². The van der Waals surface area contributed by atoms with Crippen molar-refractivity contribution in [2.24, 2.45) is 11.3 Å². The monoisotopic (exact) mass is 167 g/mol. The van der Waals surface area contributed by atoms with Crippen molar-refractivity contribution in [2.45, 2.75) is 46.1 Å². The predicted octanol–water partition coefficient (Wildman–Crippen LogP) is 2.52. The first kappa shape index (κ1) is 8.55. The van der Waals surface area contributed by atoms with Gasteiger partial charge in [-0.15, -0.1) is 0 Å². The first-order valence-corrected chi connectivity index (χ1v) is 5.35. The average molecular weight is 167 g/mol. The Labute approximate surface area is 76.1 Å². The van der Waals surface area contributed by atoms with E-state index in [1.165, 1.54) is 32.4 Å². The fourth-order valence-corrected chi connectivity index (χ4v) is 2.44. The van der Waals surface area contributed by atoms with Gasteiger partial charge in [-0.25, -0.2) is 0 Å². The van der Waals surface area contributed by atoms with E-state index in [1.54, 1.807) is 0 Å². The van der Waals surface area contributed by atoms with Crippen molar-refractivity contribution in [3.63, 3.8) is 0 Å². The van der Waals surface area contributed by atoms with Crippen molar-refractivity contribution in [3.05, 3.63) is 0 Å². The summed E-state index contributed by atoms with van der Waals surface area (Å²) in [6.45, 7) is 9.87. The van der Waals surface area contributed by atoms with E-state index in [-0.39, 0.29) is 0 Å². The molecule has 0 aromatic carbocycles. The van der Waals surface area contributed by atoms with Gasteiger partial charge in [-0.05, 0) is 24.2 Å². The molecule has 2 fully saturated rings. The van der Waals surface area contributed by atoms with Crippen LogP contribution in [0.1, 0.15) is 40.0 Å². The lowest BCUT2D eigenvalue weighted by Gasteiger charge is -2.39. The van der Waals surface area contributed by atoms with Gasteiger partial charge >= 0.3 is 0 Å². The van der Waals surface area contributed by atoms with Crippen LogP contribution in [0.3, 0.4) is 0 Å². The van der Waals surface area contributed by atoms with E-state index in [4.69, 9.17) is 0 Å². The molecule has 1 saturated carbocycles. The molecule has 2 aliphatic rings. The quantitative estimate of drug-likeness (QED) is 0.584. The molecule has 1 aliphatic heterocycles. The van der Waals surface area contributed by atoms with Gasteiger partial charge in [-0.2, -0.15) is 0 Å². The Balaban J connectivity index is 1.76. The smallest absolute Gasteiger partial charge is 0.0247 e. The molecule has 0 N–H and O–H groups in total. The van der Waals surface area contributed by atoms with E-state index in [9.17, 15) is 0 Å². The zero-order valence-electron chi connectivity index (χ0n) is 8.64. The number of hydrogen-bond donors (Lipinski definition) is 0. The van der Waals surface area contributed by atoms with Gasteiger partial charge in [0.15, 0.2) is 0 Å². The topological polar surface area (TPSA) is 3.01 Å². The van der Waals surface area contributed by atoms with Gasteiger partial charge in [0.1, 0.15) is 0 Å². The third-order valence-electron chi connectivity index (χ3n) is 3.67. The van der Waals surface area contributed by atoms with Crippen LogP contribution in [0.5, 0.6) is 0 Å². The molecule has 0 spiro atoms. The highest BCUT2D eigenvalue weighted by molar-refractivity contribution is 4.97. The van der Waals surface area contributed by atoms with Gasteiger partial charge in [-0.3, -0.25) is 4.90 Å². The van der Waals surface area contributed by atoms with E-state index in [2.05, 4.69) is 25.7 Å². The molecule has 1 heterocycles. The van der Waals surface area contributed by atoms with Crippen LogP contribution < -0.4 is 0 Å². The molecule has 0 amide bonds. The lowest BCUT2D eigenvalue weighted by atomic mass is 9.70. The SMILES string of the molecule is CC(C)C1CN1CC1(C)CCC1. The third-order valence-corrected chi connectivity index (χ3v) is 3.67. The van der Waals surface area contributed by atoms with Gasteiger partial charge in [0.25, 0.3) is 0 Å². The minimum Gasteiger partial charge on any atom is -0.297 e. The normalized spacial score (nSPS) is 38.0. The van der Waals surface area contributed by atoms with Gasteiger partial charge in [0.05, 0.1) is 0 Å². The van der Waals surface area contributed by atoms with Crippen LogP contribution in [0.4, 0.5) is 0 Å². The Kier molecular flexibility index (Phi) is 1.95. The van der Waals surface area contributed by atoms with Gasteiger partial charge in [0.2, 0.25) is 0 Å². The van der Waals surface area contributed by atoms with Gasteiger partial charge in [0, 0.05) is 19.1 Å². The predicted molar refractivity (Wildman–Crippen MR) is 52.2 cm³/mol. The van der Waals surface area contributed by atoms with Crippen molar-refractivity contribution in [1.29, 1.82) is 0 Å². The Bertz CT molecular complexity index is 170. The summed E-state index contributed by atoms with van der Waals surface area (Å²) in [5.74, 6) is 0.869. The molecule has 0 bridgehead atoms. The summed E-state index contributed by atoms with van der Waals surface area (Å²) in [6.07, 6.45) is 4.40. The highest BCUT2D eigenvalue weighted by Gasteiger charge is 2.42. The summed E-state index contributed by atoms with van der Waals surface area (Å²) in [7, 11) is 0. The molecule has 0 radical (unpaired) electrons. The second-order valence-electron chi connectivity index (χ2n) is 5.41. The summed E-state index contributed by atoms with van der Waals surface area (Å²) < 4.78 is 0. The second kappa shape index (κ2) is 2.73. The Hall–Kier alpha value is -0.0400. The van der Waals surface area contributed by atoms with E-state index >= 15 is 0 Å². The molecule has 0 aromatic heterocycles. The maximum atomic E-state index is 2.66. The largest absolute Gasteiger partial charge is 0.297 e. The lowest BCUT2D eigenvalue weighted by molar-refractivity contribution is 0.126. The van der Waals surface area contributed by atoms with Crippen LogP contribution in [0.15, 0.2) is 0 Å². The summed E-state index contributed by atoms with van der Waals surface area (Å²) in [5, 5.41) is 0. The number of nitrogens with zero attached hydrogens (tertiary/aromatic N) is 1. The zero-order valence-corrected chi connectivity index (χ0v) is 8.64. The van der Waals surface area contributed by atoms with Crippen LogP contribution in [0, 0.1) is 11.3 Å². The van der Waals surface area contributed by atoms with Gasteiger partial charge in [-0.1, -0.05) is 27.2 Å². The molecule has 2 atom stereocenters. The average Bonchev–Trinajstić information content (AvgIpc) is 2.64. The highest BCUT2D eigenvalue weighted by atomic mass is 15.3. The van der Waals surface area contributed by atoms with Gasteiger partial charge < -0.3 is 0 Å². The molecule has 1 heteroatoms. The van der Waals surface area contributed by atoms with Crippen LogP contribution >= 0.6 is 0 Å². The highest BCUT2D eigenvalue weighted by Crippen LogP contribution is 2.43. The fraction of sp³-hybridized carbons (Fsp3) is 1.00. The lowest BCUT2D eigenvalue weighted by Crippen LogP contribution is -2.34. The molecule has 70 valence electrons. The van der Waals surface area contributed by atoms with E-state index in [1.807, 2.05) is 0 Å². The third kappa shape index (κ3) is 1.52. The van der Waals surface area contributed by atoms with Crippen LogP contribution in [0.2, 0.25) is 0 Å². The second-order valence-corrected chi connectivity index (χ2v) is 5.41. The summed E-state index contributed by atoms with van der Waals surface area (Å²) in [4.78, 5) is 2.66. The summed E-state index contributed by atoms with van der Waals surface area (Å²) in [5.41, 5.74) is 0.698. The molecule has 1 saturated heterocycles. The molecule has 12 heavy (non-hydrogen) atoms. The minimum absolute atomic E-state index is 0.698. The van der Waals surface area contributed by atoms with Crippen molar-refractivity contribution in [2.75, 3.05) is 13.1 Å². The molecule has 0 aromatic rings. The molecular formula is C11H21N. The van der Waals surface area contributed by atoms with E-state index < -0.39 is 0 Å². The first-order valence-electron chi connectivity index (χ1n) is 5.35. The molecule has 1 nitrogen and oxygen atoms in total. The van der Waals surface area contributed by atoms with Crippen molar-refractivity contribution in [3.8, 4) is 0 Å². The Morgan fingerprint density at radius 2 is 2.08 bits per heavy atom. The van der Waals surface area contributed by atoms with Crippen LogP contribution in [-0.2, 0) is 0 Å². The Morgan fingerprint density at radius 3 is 2.42 bits per heavy atom. The van der Waals surface area contributed by atoms with Crippen LogP contribution in [0.25, 0.3) is 0 Å². The maximum Gasteiger partial charge on any atom is 0.0247 e. The van der Waals surface area contributed by atoms with E-state index in [0.717, 1.165) is 12.0 Å². The van der Waals surface area contributed by atoms with Crippen molar-refractivity contribution in [1.82, 2.24) is 4.90 Å². The van der Waals surface area contributed by atoms with Crippen molar-refractivity contribution < 1.29 is 0 Å². The summed E-state index contributed by atoms with van der Waals surface area (Å²) in [6, 6.07) is 0.919. The van der Waals surface area contributed by atoms with Crippen LogP contribution in [-0.4, -0.2) is 24.0 Å². The Morgan fingerprint density at radius 1 is 1.42 bits per heavy atom. The molecule has 2 unspecified atom stereocenters. The zero-order chi connectivity index (χ0) is 8.77. The summed E-state index contributed by atoms with van der Waals surface area (Å²) >= 11 is 0. The maximum absolute atomic E-state index is 2.66. The molecular weight excluding hydrogens is 146 g/mol. The fourth-order valence-electron chi connectivity index (χ4n) is 2.44. The van der Waals surface area contributed by atoms with Crippen molar-refractivity contribution >= 4 is 0 Å². The number of hydrogen-bond acceptors (Lipinski definition) is 1. The number of rotatable bonds is 3. The first-order chi connectivity index (χ1) is 5.61. The standard InChI is InChI=1S/C11H21N/c1-9(2)10-7-12(10)8-11(3)5-4-6-11/h9-10H,4-8H2,1-3H3. The molecule has 2 rings (SSSR count). The minimum atomic E-state index is 0.698. The molecule has 1 aliphatic carbocycles.